The lowest BCUT2D eigenvalue weighted by molar-refractivity contribution is 0.491. The van der Waals surface area contributed by atoms with Gasteiger partial charge in [0.2, 0.25) is 0 Å². The van der Waals surface area contributed by atoms with Crippen LogP contribution in [-0.4, -0.2) is 14.6 Å². The molecule has 4 aromatic rings. The van der Waals surface area contributed by atoms with Crippen molar-refractivity contribution in [2.24, 2.45) is 0 Å². The van der Waals surface area contributed by atoms with Crippen LogP contribution in [0.25, 0.3) is 16.9 Å². The zero-order valence-corrected chi connectivity index (χ0v) is 14.4. The maximum Gasteiger partial charge on any atom is 0.272 e. The summed E-state index contributed by atoms with van der Waals surface area (Å²) in [5, 5.41) is 2.99. The molecule has 0 radical (unpaired) electrons. The summed E-state index contributed by atoms with van der Waals surface area (Å²) in [7, 11) is 0. The van der Waals surface area contributed by atoms with E-state index in [1.54, 1.807) is 18.4 Å². The van der Waals surface area contributed by atoms with Crippen molar-refractivity contribution in [3.63, 3.8) is 0 Å². The van der Waals surface area contributed by atoms with E-state index in [9.17, 15) is 13.6 Å². The Morgan fingerprint density at radius 1 is 1.27 bits per heavy atom. The molecule has 132 valence electrons. The van der Waals surface area contributed by atoms with Crippen LogP contribution in [-0.2, 0) is 5.75 Å². The summed E-state index contributed by atoms with van der Waals surface area (Å²) in [5.41, 5.74) is 2.20. The largest absolute Gasteiger partial charge is 0.469 e. The molecule has 0 aliphatic rings. The van der Waals surface area contributed by atoms with Crippen molar-refractivity contribution < 1.29 is 13.2 Å². The number of furan rings is 1. The molecule has 0 saturated heterocycles. The lowest BCUT2D eigenvalue weighted by Gasteiger charge is -2.03. The fourth-order valence-electron chi connectivity index (χ4n) is 2.66. The molecule has 1 aromatic carbocycles. The van der Waals surface area contributed by atoms with E-state index >= 15 is 0 Å². The van der Waals surface area contributed by atoms with Crippen molar-refractivity contribution in [3.8, 4) is 11.3 Å². The van der Waals surface area contributed by atoms with Gasteiger partial charge < -0.3 is 4.42 Å². The molecule has 0 unspecified atom stereocenters. The zero-order valence-electron chi connectivity index (χ0n) is 13.6. The predicted molar refractivity (Wildman–Crippen MR) is 94.2 cm³/mol. The smallest absolute Gasteiger partial charge is 0.272 e. The highest BCUT2D eigenvalue weighted by Crippen LogP contribution is 2.27. The topological polar surface area (TPSA) is 63.3 Å². The number of aromatic nitrogens is 3. The molecule has 3 heterocycles. The monoisotopic (exact) mass is 373 g/mol. The maximum absolute atomic E-state index is 13.7. The fraction of sp³-hybridized carbons (Fsp3) is 0.111. The summed E-state index contributed by atoms with van der Waals surface area (Å²) in [6.07, 6.45) is 1.57. The standard InChI is InChI=1S/C18H13F2N3O2S/c1-10-12(5-6-25-10)14-8-16-21-11(7-17(24)23(16)22-14)9-26-15-4-2-3-13(19)18(15)20/h2-8,22H,9H2,1H3. The molecule has 0 amide bonds. The third-order valence-electron chi connectivity index (χ3n) is 3.94. The van der Waals surface area contributed by atoms with Gasteiger partial charge in [0.15, 0.2) is 17.3 Å². The quantitative estimate of drug-likeness (QED) is 0.546. The van der Waals surface area contributed by atoms with E-state index < -0.39 is 11.6 Å². The first kappa shape index (κ1) is 16.6. The molecule has 0 aliphatic carbocycles. The van der Waals surface area contributed by atoms with Crippen LogP contribution < -0.4 is 5.56 Å². The summed E-state index contributed by atoms with van der Waals surface area (Å²) in [4.78, 5) is 16.9. The number of rotatable bonds is 4. The van der Waals surface area contributed by atoms with Gasteiger partial charge >= 0.3 is 0 Å². The predicted octanol–water partition coefficient (Wildman–Crippen LogP) is 4.16. The summed E-state index contributed by atoms with van der Waals surface area (Å²) in [6.45, 7) is 1.83. The molecule has 3 aromatic heterocycles. The van der Waals surface area contributed by atoms with Crippen molar-refractivity contribution in [2.45, 2.75) is 17.6 Å². The number of nitrogens with zero attached hydrogens (tertiary/aromatic N) is 2. The Hall–Kier alpha value is -2.87. The number of benzene rings is 1. The second-order valence-electron chi connectivity index (χ2n) is 5.68. The molecule has 0 bridgehead atoms. The van der Waals surface area contributed by atoms with Gasteiger partial charge in [-0.3, -0.25) is 9.89 Å². The van der Waals surface area contributed by atoms with Crippen LogP contribution in [0.15, 0.2) is 56.8 Å². The van der Waals surface area contributed by atoms with Gasteiger partial charge in [-0.05, 0) is 25.1 Å². The first-order valence-electron chi connectivity index (χ1n) is 7.76. The maximum atomic E-state index is 13.7. The van der Waals surface area contributed by atoms with Crippen LogP contribution in [0.4, 0.5) is 8.78 Å². The van der Waals surface area contributed by atoms with Crippen molar-refractivity contribution in [2.75, 3.05) is 0 Å². The third kappa shape index (κ3) is 2.92. The molecule has 8 heteroatoms. The van der Waals surface area contributed by atoms with Crippen molar-refractivity contribution >= 4 is 17.4 Å². The highest BCUT2D eigenvalue weighted by molar-refractivity contribution is 7.98. The van der Waals surface area contributed by atoms with Crippen LogP contribution in [0.3, 0.4) is 0 Å². The number of fused-ring (bicyclic) bond motifs is 1. The minimum absolute atomic E-state index is 0.177. The summed E-state index contributed by atoms with van der Waals surface area (Å²) >= 11 is 1.09. The Bertz CT molecular complexity index is 1160. The lowest BCUT2D eigenvalue weighted by Crippen LogP contribution is -2.15. The molecule has 4 rings (SSSR count). The molecule has 26 heavy (non-hydrogen) atoms. The van der Waals surface area contributed by atoms with E-state index in [2.05, 4.69) is 10.1 Å². The Balaban J connectivity index is 1.66. The minimum Gasteiger partial charge on any atom is -0.469 e. The summed E-state index contributed by atoms with van der Waals surface area (Å²) in [5.74, 6) is -0.821. The van der Waals surface area contributed by atoms with E-state index in [1.807, 2.05) is 6.92 Å². The number of nitrogens with one attached hydrogen (secondary N) is 1. The molecule has 0 fully saturated rings. The van der Waals surface area contributed by atoms with Gasteiger partial charge in [0.25, 0.3) is 5.56 Å². The SMILES string of the molecule is Cc1occc1-c1cc2nc(CSc3cccc(F)c3F)cc(=O)n2[nH]1. The van der Waals surface area contributed by atoms with Crippen LogP contribution in [0.5, 0.6) is 0 Å². The lowest BCUT2D eigenvalue weighted by atomic mass is 10.2. The minimum atomic E-state index is -0.899. The van der Waals surface area contributed by atoms with Crippen molar-refractivity contribution in [1.29, 1.82) is 0 Å². The molecular weight excluding hydrogens is 360 g/mol. The second-order valence-corrected chi connectivity index (χ2v) is 6.70. The fourth-order valence-corrected chi connectivity index (χ4v) is 3.51. The van der Waals surface area contributed by atoms with E-state index in [0.717, 1.165) is 29.2 Å². The number of hydrogen-bond acceptors (Lipinski definition) is 4. The van der Waals surface area contributed by atoms with Gasteiger partial charge in [-0.15, -0.1) is 11.8 Å². The first-order chi connectivity index (χ1) is 12.5. The van der Waals surface area contributed by atoms with Gasteiger partial charge in [-0.25, -0.2) is 18.3 Å². The average Bonchev–Trinajstić information content (AvgIpc) is 3.22. The number of halogens is 2. The molecule has 1 N–H and O–H groups in total. The zero-order chi connectivity index (χ0) is 18.3. The van der Waals surface area contributed by atoms with Gasteiger partial charge in [0.05, 0.1) is 17.7 Å². The Morgan fingerprint density at radius 3 is 2.88 bits per heavy atom. The molecule has 0 spiro atoms. The third-order valence-corrected chi connectivity index (χ3v) is 5.01. The Morgan fingerprint density at radius 2 is 2.12 bits per heavy atom. The van der Waals surface area contributed by atoms with Crippen molar-refractivity contribution in [1.82, 2.24) is 14.6 Å². The highest BCUT2D eigenvalue weighted by atomic mass is 32.2. The molecule has 5 nitrogen and oxygen atoms in total. The normalized spacial score (nSPS) is 11.3. The number of aromatic amines is 1. The molecular formula is C18H13F2N3O2S. The van der Waals surface area contributed by atoms with Gasteiger partial charge in [-0.2, -0.15) is 0 Å². The van der Waals surface area contributed by atoms with E-state index in [-0.39, 0.29) is 16.2 Å². The Kier molecular flexibility index (Phi) is 4.12. The van der Waals surface area contributed by atoms with Crippen LogP contribution in [0.2, 0.25) is 0 Å². The van der Waals surface area contributed by atoms with E-state index in [1.165, 1.54) is 22.7 Å². The molecule has 0 aliphatic heterocycles. The first-order valence-corrected chi connectivity index (χ1v) is 8.74. The van der Waals surface area contributed by atoms with Gasteiger partial charge in [-0.1, -0.05) is 6.07 Å². The van der Waals surface area contributed by atoms with Crippen LogP contribution >= 0.6 is 11.8 Å². The van der Waals surface area contributed by atoms with Gasteiger partial charge in [0, 0.05) is 28.3 Å². The Labute approximate surface area is 150 Å². The van der Waals surface area contributed by atoms with Crippen molar-refractivity contribution in [3.05, 3.63) is 76.1 Å². The molecule has 0 saturated carbocycles. The molecule has 0 atom stereocenters. The number of aryl methyl sites for hydroxylation is 1. The van der Waals surface area contributed by atoms with Crippen LogP contribution in [0, 0.1) is 18.6 Å². The summed E-state index contributed by atoms with van der Waals surface area (Å²) in [6, 6.07) is 8.92. The van der Waals surface area contributed by atoms with E-state index in [4.69, 9.17) is 4.42 Å². The number of H-pyrrole nitrogens is 1. The van der Waals surface area contributed by atoms with Gasteiger partial charge in [0.1, 0.15) is 5.76 Å². The average molecular weight is 373 g/mol. The van der Waals surface area contributed by atoms with Crippen LogP contribution in [0.1, 0.15) is 11.5 Å². The number of hydrogen-bond donors (Lipinski definition) is 1. The second kappa shape index (κ2) is 6.45. The number of thioether (sulfide) groups is 1. The summed E-state index contributed by atoms with van der Waals surface area (Å²) < 4.78 is 33.6. The van der Waals surface area contributed by atoms with E-state index in [0.29, 0.717) is 17.0 Å². The highest BCUT2D eigenvalue weighted by Gasteiger charge is 2.13.